The van der Waals surface area contributed by atoms with E-state index in [1.54, 1.807) is 30.3 Å². The van der Waals surface area contributed by atoms with Crippen molar-refractivity contribution in [3.8, 4) is 0 Å². The first-order chi connectivity index (χ1) is 15.9. The minimum absolute atomic E-state index is 0.170. The summed E-state index contributed by atoms with van der Waals surface area (Å²) in [5.74, 6) is -2.61. The molecule has 0 saturated carbocycles. The highest BCUT2D eigenvalue weighted by Crippen LogP contribution is 2.49. The predicted molar refractivity (Wildman–Crippen MR) is 117 cm³/mol. The summed E-state index contributed by atoms with van der Waals surface area (Å²) in [6.07, 6.45) is -1.18. The van der Waals surface area contributed by atoms with Gasteiger partial charge in [-0.15, -0.1) is 0 Å². The number of imide groups is 1. The number of amides is 2. The van der Waals surface area contributed by atoms with Crippen LogP contribution in [-0.4, -0.2) is 22.8 Å². The van der Waals surface area contributed by atoms with Gasteiger partial charge in [-0.2, -0.15) is 0 Å². The third-order valence-corrected chi connectivity index (χ3v) is 6.06. The second-order valence-corrected chi connectivity index (χ2v) is 8.02. The second-order valence-electron chi connectivity index (χ2n) is 7.61. The monoisotopic (exact) mass is 467 g/mol. The van der Waals surface area contributed by atoms with Gasteiger partial charge in [-0.25, -0.2) is 14.4 Å². The van der Waals surface area contributed by atoms with E-state index in [1.165, 1.54) is 35.4 Å². The normalized spacial score (nSPS) is 22.1. The minimum Gasteiger partial charge on any atom is -0.273 e. The number of benzene rings is 3. The number of anilines is 2. The van der Waals surface area contributed by atoms with Crippen molar-refractivity contribution in [3.63, 3.8) is 0 Å². The maximum Gasteiger partial charge on any atom is 0.271 e. The summed E-state index contributed by atoms with van der Waals surface area (Å²) in [4.78, 5) is 44.4. The molecule has 0 spiro atoms. The van der Waals surface area contributed by atoms with E-state index in [2.05, 4.69) is 0 Å². The van der Waals surface area contributed by atoms with Crippen LogP contribution in [0, 0.1) is 21.8 Å². The molecule has 2 fully saturated rings. The van der Waals surface area contributed by atoms with Crippen LogP contribution in [0.2, 0.25) is 5.02 Å². The molecule has 3 atom stereocenters. The number of fused-ring (bicyclic) bond motifs is 1. The van der Waals surface area contributed by atoms with Crippen LogP contribution in [-0.2, 0) is 14.4 Å². The molecule has 2 aliphatic heterocycles. The van der Waals surface area contributed by atoms with Crippen molar-refractivity contribution in [2.75, 3.05) is 9.96 Å². The Labute approximate surface area is 191 Å². The molecular weight excluding hydrogens is 453 g/mol. The molecule has 166 valence electrons. The average molecular weight is 468 g/mol. The Morgan fingerprint density at radius 3 is 2.36 bits per heavy atom. The smallest absolute Gasteiger partial charge is 0.271 e. The summed E-state index contributed by atoms with van der Waals surface area (Å²) in [5.41, 5.74) is 0.888. The second kappa shape index (κ2) is 7.95. The van der Waals surface area contributed by atoms with E-state index in [1.807, 2.05) is 0 Å². The van der Waals surface area contributed by atoms with Gasteiger partial charge in [0.2, 0.25) is 5.91 Å². The van der Waals surface area contributed by atoms with Gasteiger partial charge in [0.25, 0.3) is 11.6 Å². The molecule has 2 aliphatic rings. The van der Waals surface area contributed by atoms with Crippen LogP contribution >= 0.6 is 11.6 Å². The highest BCUT2D eigenvalue weighted by atomic mass is 35.5. The Bertz CT molecular complexity index is 1290. The van der Waals surface area contributed by atoms with Crippen molar-refractivity contribution in [1.29, 1.82) is 0 Å². The Hall–Kier alpha value is -3.82. The lowest BCUT2D eigenvalue weighted by molar-refractivity contribution is -0.384. The Morgan fingerprint density at radius 2 is 1.67 bits per heavy atom. The van der Waals surface area contributed by atoms with Gasteiger partial charge in [0, 0.05) is 17.2 Å². The standard InChI is InChI=1S/C23H15ClFN3O5/c24-18-7-2-1-6-17(18)20-19-21(33-27(20)15-4-3-5-16(12-15)28(31)32)23(30)26(22(19)29)14-10-8-13(25)9-11-14/h1-12,19-21H. The first-order valence-electron chi connectivity index (χ1n) is 9.95. The van der Waals surface area contributed by atoms with Crippen molar-refractivity contribution in [3.05, 3.63) is 99.3 Å². The summed E-state index contributed by atoms with van der Waals surface area (Å²) in [6.45, 7) is 0. The van der Waals surface area contributed by atoms with Crippen molar-refractivity contribution < 1.29 is 23.7 Å². The molecule has 5 rings (SSSR count). The number of nitro benzene ring substituents is 1. The number of carbonyl (C=O) groups excluding carboxylic acids is 2. The molecule has 0 bridgehead atoms. The quantitative estimate of drug-likeness (QED) is 0.320. The number of rotatable bonds is 4. The molecule has 0 aromatic heterocycles. The number of hydrogen-bond donors (Lipinski definition) is 0. The molecule has 3 unspecified atom stereocenters. The highest BCUT2D eigenvalue weighted by Gasteiger charge is 2.60. The van der Waals surface area contributed by atoms with E-state index in [4.69, 9.17) is 16.4 Å². The van der Waals surface area contributed by atoms with Crippen LogP contribution in [0.4, 0.5) is 21.5 Å². The summed E-state index contributed by atoms with van der Waals surface area (Å²) in [7, 11) is 0. The van der Waals surface area contributed by atoms with Gasteiger partial charge in [-0.1, -0.05) is 35.9 Å². The van der Waals surface area contributed by atoms with Gasteiger partial charge in [0.1, 0.15) is 11.7 Å². The first-order valence-corrected chi connectivity index (χ1v) is 10.3. The molecule has 33 heavy (non-hydrogen) atoms. The molecular formula is C23H15ClFN3O5. The molecule has 2 saturated heterocycles. The van der Waals surface area contributed by atoms with Crippen LogP contribution in [0.1, 0.15) is 11.6 Å². The van der Waals surface area contributed by atoms with Crippen molar-refractivity contribution in [2.24, 2.45) is 5.92 Å². The number of nitro groups is 1. The summed E-state index contributed by atoms with van der Waals surface area (Å²) >= 11 is 6.44. The maximum absolute atomic E-state index is 13.5. The number of non-ortho nitro benzene ring substituents is 1. The SMILES string of the molecule is O=C1C2ON(c3cccc([N+](=O)[O-])c3)C(c3ccccc3Cl)C2C(=O)N1c1ccc(F)cc1. The molecule has 3 aromatic rings. The van der Waals surface area contributed by atoms with Crippen LogP contribution in [0.5, 0.6) is 0 Å². The lowest BCUT2D eigenvalue weighted by Gasteiger charge is -2.29. The third kappa shape index (κ3) is 3.42. The van der Waals surface area contributed by atoms with Crippen molar-refractivity contribution >= 4 is 40.5 Å². The van der Waals surface area contributed by atoms with Gasteiger partial charge in [0.05, 0.1) is 22.3 Å². The van der Waals surface area contributed by atoms with E-state index >= 15 is 0 Å². The molecule has 2 heterocycles. The van der Waals surface area contributed by atoms with Crippen LogP contribution < -0.4 is 9.96 Å². The Balaban J connectivity index is 1.61. The van der Waals surface area contributed by atoms with E-state index in [9.17, 15) is 24.1 Å². The maximum atomic E-state index is 13.5. The van der Waals surface area contributed by atoms with E-state index in [0.29, 0.717) is 16.3 Å². The van der Waals surface area contributed by atoms with Gasteiger partial charge in [-0.3, -0.25) is 24.5 Å². The molecule has 0 aliphatic carbocycles. The number of hydroxylamine groups is 1. The topological polar surface area (TPSA) is 93.0 Å². The van der Waals surface area contributed by atoms with E-state index < -0.39 is 40.6 Å². The molecule has 2 amide bonds. The van der Waals surface area contributed by atoms with Crippen LogP contribution in [0.25, 0.3) is 0 Å². The predicted octanol–water partition coefficient (Wildman–Crippen LogP) is 4.44. The molecule has 3 aromatic carbocycles. The summed E-state index contributed by atoms with van der Waals surface area (Å²) < 4.78 is 13.4. The zero-order chi connectivity index (χ0) is 23.3. The van der Waals surface area contributed by atoms with Gasteiger partial charge in [-0.05, 0) is 42.0 Å². The van der Waals surface area contributed by atoms with Crippen molar-refractivity contribution in [1.82, 2.24) is 0 Å². The summed E-state index contributed by atoms with van der Waals surface area (Å²) in [5, 5.41) is 13.0. The fourth-order valence-electron chi connectivity index (χ4n) is 4.26. The Morgan fingerprint density at radius 1 is 0.939 bits per heavy atom. The molecule has 10 heteroatoms. The molecule has 0 radical (unpaired) electrons. The van der Waals surface area contributed by atoms with Gasteiger partial charge < -0.3 is 0 Å². The highest BCUT2D eigenvalue weighted by molar-refractivity contribution is 6.31. The zero-order valence-electron chi connectivity index (χ0n) is 16.8. The van der Waals surface area contributed by atoms with E-state index in [0.717, 1.165) is 17.0 Å². The third-order valence-electron chi connectivity index (χ3n) is 5.72. The minimum atomic E-state index is -1.18. The van der Waals surface area contributed by atoms with Crippen molar-refractivity contribution in [2.45, 2.75) is 12.1 Å². The van der Waals surface area contributed by atoms with E-state index in [-0.39, 0.29) is 11.4 Å². The average Bonchev–Trinajstić information content (AvgIpc) is 3.31. The lowest BCUT2D eigenvalue weighted by atomic mass is 9.90. The number of nitrogens with zero attached hydrogens (tertiary/aromatic N) is 3. The zero-order valence-corrected chi connectivity index (χ0v) is 17.6. The lowest BCUT2D eigenvalue weighted by Crippen LogP contribution is -2.37. The van der Waals surface area contributed by atoms with Crippen LogP contribution in [0.3, 0.4) is 0 Å². The molecule has 0 N–H and O–H groups in total. The first kappa shape index (κ1) is 21.0. The number of carbonyl (C=O) groups is 2. The Kier molecular flexibility index (Phi) is 5.07. The number of hydrogen-bond acceptors (Lipinski definition) is 6. The fraction of sp³-hybridized carbons (Fsp3) is 0.130. The summed E-state index contributed by atoms with van der Waals surface area (Å²) in [6, 6.07) is 16.7. The van der Waals surface area contributed by atoms with Crippen LogP contribution in [0.15, 0.2) is 72.8 Å². The molecule has 8 nitrogen and oxygen atoms in total. The fourth-order valence-corrected chi connectivity index (χ4v) is 4.51. The van der Waals surface area contributed by atoms with Gasteiger partial charge in [0.15, 0.2) is 6.10 Å². The number of halogens is 2. The largest absolute Gasteiger partial charge is 0.273 e. The van der Waals surface area contributed by atoms with Gasteiger partial charge >= 0.3 is 0 Å².